The van der Waals surface area contributed by atoms with Gasteiger partial charge in [0.25, 0.3) is 6.71 Å². The first-order chi connectivity index (χ1) is 50.1. The minimum atomic E-state index is -0.264. The van der Waals surface area contributed by atoms with Gasteiger partial charge in [-0.05, 0) is 162 Å². The molecule has 0 saturated carbocycles. The second-order valence-electron chi connectivity index (χ2n) is 27.1. The second kappa shape index (κ2) is 22.7. The molecular formula is C96H61BN4. The molecule has 19 aromatic rings. The zero-order valence-electron chi connectivity index (χ0n) is 55.1. The lowest BCUT2D eigenvalue weighted by Crippen LogP contribution is -2.60. The van der Waals surface area contributed by atoms with Crippen LogP contribution in [0, 0.1) is 0 Å². The van der Waals surface area contributed by atoms with Crippen LogP contribution in [0.3, 0.4) is 0 Å². The Morgan fingerprint density at radius 2 is 0.634 bits per heavy atom. The molecule has 0 bridgehead atoms. The number of hydrogen-bond donors (Lipinski definition) is 0. The first kappa shape index (κ1) is 56.9. The highest BCUT2D eigenvalue weighted by Gasteiger charge is 2.45. The average Bonchev–Trinajstić information content (AvgIpc) is 1.58. The third kappa shape index (κ3) is 8.83. The van der Waals surface area contributed by atoms with E-state index in [2.05, 4.69) is 389 Å². The SMILES string of the molecule is c1ccc(-c2ccc(-c3cccc(-c4ccc(-c5ccccc5)cc4)c3N3c4cc5c6ccc(-c7ccccc7)cc6n(-c6ccccc6)c5cc4B4c5c3cc(-c3ccccc3)cc5-n3c5ccccc5c5c6c7cc(-c8ccccc8)ccc7n(-c7ccccc7)c6cc4c53)cc2)cc1. The summed E-state index contributed by atoms with van der Waals surface area (Å²) in [4.78, 5) is 2.71. The summed E-state index contributed by atoms with van der Waals surface area (Å²) >= 11 is 0. The topological polar surface area (TPSA) is 18.0 Å². The molecule has 0 radical (unpaired) electrons. The molecular weight excluding hydrogens is 1220 g/mol. The van der Waals surface area contributed by atoms with Gasteiger partial charge >= 0.3 is 0 Å². The number of hydrogen-bond acceptors (Lipinski definition) is 1. The minimum absolute atomic E-state index is 0.264. The first-order valence-electron chi connectivity index (χ1n) is 35.0. The summed E-state index contributed by atoms with van der Waals surface area (Å²) in [5, 5.41) is 7.32. The van der Waals surface area contributed by atoms with Gasteiger partial charge in [-0.3, -0.25) is 0 Å². The van der Waals surface area contributed by atoms with E-state index in [1.165, 1.54) is 121 Å². The van der Waals surface area contributed by atoms with Crippen molar-refractivity contribution < 1.29 is 0 Å². The van der Waals surface area contributed by atoms with Crippen molar-refractivity contribution in [2.45, 2.75) is 0 Å². The molecule has 21 rings (SSSR count). The van der Waals surface area contributed by atoms with E-state index >= 15 is 0 Å². The highest BCUT2D eigenvalue weighted by molar-refractivity contribution is 7.00. The van der Waals surface area contributed by atoms with E-state index in [9.17, 15) is 0 Å². The van der Waals surface area contributed by atoms with Crippen LogP contribution in [0.1, 0.15) is 0 Å². The van der Waals surface area contributed by atoms with Gasteiger partial charge < -0.3 is 18.6 Å². The number of anilines is 3. The Balaban J connectivity index is 0.942. The number of benzene rings is 16. The van der Waals surface area contributed by atoms with Crippen LogP contribution < -0.4 is 21.3 Å². The van der Waals surface area contributed by atoms with Crippen LogP contribution in [0.4, 0.5) is 17.1 Å². The Labute approximate surface area is 585 Å². The van der Waals surface area contributed by atoms with Crippen LogP contribution in [-0.4, -0.2) is 20.4 Å². The van der Waals surface area contributed by atoms with Gasteiger partial charge in [-0.15, -0.1) is 0 Å². The molecule has 2 aliphatic rings. The number of nitrogens with zero attached hydrogens (tertiary/aromatic N) is 4. The molecule has 5 heterocycles. The molecule has 0 atom stereocenters. The maximum Gasteiger partial charge on any atom is 0.252 e. The summed E-state index contributed by atoms with van der Waals surface area (Å²) in [5.41, 5.74) is 33.9. The van der Waals surface area contributed by atoms with Crippen LogP contribution in [0.15, 0.2) is 370 Å². The molecule has 2 aliphatic heterocycles. The first-order valence-corrected chi connectivity index (χ1v) is 35.0. The van der Waals surface area contributed by atoms with E-state index in [1.54, 1.807) is 0 Å². The van der Waals surface area contributed by atoms with E-state index in [0.29, 0.717) is 0 Å². The van der Waals surface area contributed by atoms with Crippen molar-refractivity contribution in [2.24, 2.45) is 0 Å². The lowest BCUT2D eigenvalue weighted by Gasteiger charge is -2.42. The lowest BCUT2D eigenvalue weighted by molar-refractivity contribution is 1.17. The lowest BCUT2D eigenvalue weighted by atomic mass is 9.33. The van der Waals surface area contributed by atoms with Crippen LogP contribution >= 0.6 is 0 Å². The monoisotopic (exact) mass is 1280 g/mol. The zero-order valence-corrected chi connectivity index (χ0v) is 55.1. The molecule has 0 N–H and O–H groups in total. The Morgan fingerprint density at radius 3 is 1.21 bits per heavy atom. The quantitative estimate of drug-likeness (QED) is 0.125. The van der Waals surface area contributed by atoms with Gasteiger partial charge in [0.2, 0.25) is 0 Å². The number of fused-ring (bicyclic) bond motifs is 14. The molecule has 0 aliphatic carbocycles. The summed E-state index contributed by atoms with van der Waals surface area (Å²) in [5.74, 6) is 0. The molecule has 4 nitrogen and oxygen atoms in total. The molecule has 3 aromatic heterocycles. The molecule has 101 heavy (non-hydrogen) atoms. The minimum Gasteiger partial charge on any atom is -0.310 e. The van der Waals surface area contributed by atoms with Crippen molar-refractivity contribution in [3.05, 3.63) is 370 Å². The summed E-state index contributed by atoms with van der Waals surface area (Å²) in [6, 6.07) is 138. The Hall–Kier alpha value is -13.2. The van der Waals surface area contributed by atoms with E-state index in [4.69, 9.17) is 0 Å². The van der Waals surface area contributed by atoms with Crippen molar-refractivity contribution in [1.82, 2.24) is 13.7 Å². The summed E-state index contributed by atoms with van der Waals surface area (Å²) in [7, 11) is 0. The molecule has 0 saturated heterocycles. The van der Waals surface area contributed by atoms with Crippen LogP contribution in [0.25, 0.3) is 160 Å². The van der Waals surface area contributed by atoms with E-state index in [-0.39, 0.29) is 6.71 Å². The van der Waals surface area contributed by atoms with Gasteiger partial charge in [-0.2, -0.15) is 0 Å². The van der Waals surface area contributed by atoms with Crippen LogP contribution in [-0.2, 0) is 0 Å². The molecule has 0 unspecified atom stereocenters. The molecule has 468 valence electrons. The largest absolute Gasteiger partial charge is 0.310 e. The smallest absolute Gasteiger partial charge is 0.252 e. The maximum atomic E-state index is 2.71. The Kier molecular flexibility index (Phi) is 12.8. The van der Waals surface area contributed by atoms with Crippen LogP contribution in [0.2, 0.25) is 0 Å². The van der Waals surface area contributed by atoms with Gasteiger partial charge in [0, 0.05) is 71.9 Å². The maximum absolute atomic E-state index is 2.71. The molecule has 5 heteroatoms. The summed E-state index contributed by atoms with van der Waals surface area (Å²) in [6.45, 7) is -0.264. The third-order valence-electron chi connectivity index (χ3n) is 21.6. The van der Waals surface area contributed by atoms with Gasteiger partial charge in [0.15, 0.2) is 0 Å². The van der Waals surface area contributed by atoms with E-state index in [0.717, 1.165) is 72.9 Å². The van der Waals surface area contributed by atoms with Gasteiger partial charge in [-0.25, -0.2) is 0 Å². The number of para-hydroxylation sites is 4. The second-order valence-corrected chi connectivity index (χ2v) is 27.1. The molecule has 0 amide bonds. The van der Waals surface area contributed by atoms with Crippen molar-refractivity contribution in [2.75, 3.05) is 4.90 Å². The third-order valence-corrected chi connectivity index (χ3v) is 21.6. The van der Waals surface area contributed by atoms with Crippen molar-refractivity contribution in [3.8, 4) is 95.0 Å². The number of aromatic nitrogens is 3. The predicted octanol–water partition coefficient (Wildman–Crippen LogP) is 23.3. The zero-order chi connectivity index (χ0) is 66.2. The van der Waals surface area contributed by atoms with Gasteiger partial charge in [-0.1, -0.05) is 291 Å². The van der Waals surface area contributed by atoms with E-state index < -0.39 is 0 Å². The summed E-state index contributed by atoms with van der Waals surface area (Å²) in [6.07, 6.45) is 0. The molecule has 0 fully saturated rings. The Bertz CT molecular complexity index is 6400. The van der Waals surface area contributed by atoms with E-state index in [1.807, 2.05) is 0 Å². The highest BCUT2D eigenvalue weighted by atomic mass is 15.2. The fourth-order valence-corrected chi connectivity index (χ4v) is 17.1. The van der Waals surface area contributed by atoms with Gasteiger partial charge in [0.1, 0.15) is 0 Å². The molecule has 0 spiro atoms. The Morgan fingerprint density at radius 1 is 0.208 bits per heavy atom. The van der Waals surface area contributed by atoms with Crippen LogP contribution in [0.5, 0.6) is 0 Å². The highest BCUT2D eigenvalue weighted by Crippen LogP contribution is 2.53. The van der Waals surface area contributed by atoms with Crippen molar-refractivity contribution >= 4 is 106 Å². The predicted molar refractivity (Wildman–Crippen MR) is 427 cm³/mol. The standard InChI is InChI=1S/C96H61BN4/c1-8-25-62(26-9-1)67-43-47-69(48-44-67)76-40-24-41-77(70-49-45-68(46-50-70)63-27-10-2-11-28-63)95(76)101-88-59-80-78-53-51-72(65-31-14-4-15-32-65)56-86(78)99(75-37-20-7-21-38-75)87(80)60-82(88)97-83-61-89-92(81-55-71(64-29-12-3-13-30-64)52-54-85(81)98(89)74-35-18-6-19-36-74)93-79-39-22-23-42-84(79)100(96(83)93)90-57-73(58-91(101)94(90)97)66-33-16-5-17-34-66/h1-61H. The van der Waals surface area contributed by atoms with Crippen molar-refractivity contribution in [3.63, 3.8) is 0 Å². The number of rotatable bonds is 10. The fourth-order valence-electron chi connectivity index (χ4n) is 17.1. The normalized spacial score (nSPS) is 12.3. The average molecular weight is 1280 g/mol. The molecule has 16 aromatic carbocycles. The van der Waals surface area contributed by atoms with Gasteiger partial charge in [0.05, 0.1) is 38.8 Å². The summed E-state index contributed by atoms with van der Waals surface area (Å²) < 4.78 is 7.75. The fraction of sp³-hybridized carbons (Fsp3) is 0. The van der Waals surface area contributed by atoms with Crippen molar-refractivity contribution in [1.29, 1.82) is 0 Å².